The largest absolute Gasteiger partial charge is 0.573 e. The van der Waals surface area contributed by atoms with Crippen LogP contribution >= 0.6 is 15.9 Å². The molecule has 0 spiro atoms. The maximum Gasteiger partial charge on any atom is 0.573 e. The Morgan fingerprint density at radius 1 is 1.45 bits per heavy atom. The number of hydrogen-bond acceptors (Lipinski definition) is 4. The molecule has 0 saturated heterocycles. The number of carbonyl (C=O) groups is 1. The molecular weight excluding hydrogens is 345 g/mol. The minimum Gasteiger partial charge on any atom is -0.484 e. The van der Waals surface area contributed by atoms with E-state index in [-0.39, 0.29) is 23.4 Å². The van der Waals surface area contributed by atoms with Gasteiger partial charge in [0.2, 0.25) is 0 Å². The maximum atomic E-state index is 12.0. The zero-order valence-corrected chi connectivity index (χ0v) is 11.4. The number of rotatable bonds is 5. The van der Waals surface area contributed by atoms with Gasteiger partial charge < -0.3 is 14.8 Å². The summed E-state index contributed by atoms with van der Waals surface area (Å²) in [5.74, 6) is -0.754. The summed E-state index contributed by atoms with van der Waals surface area (Å²) in [6, 6.07) is 5.23. The van der Waals surface area contributed by atoms with Crippen LogP contribution in [0.4, 0.5) is 13.2 Å². The van der Waals surface area contributed by atoms with E-state index in [1.54, 1.807) is 6.07 Å². The monoisotopic (exact) mass is 352 g/mol. The lowest BCUT2D eigenvalue weighted by molar-refractivity contribution is -0.274. The molecule has 1 N–H and O–H groups in total. The van der Waals surface area contributed by atoms with Crippen LogP contribution in [0.15, 0.2) is 22.7 Å². The van der Waals surface area contributed by atoms with Crippen molar-refractivity contribution in [3.05, 3.63) is 22.7 Å². The summed E-state index contributed by atoms with van der Waals surface area (Å²) < 4.78 is 44.9. The topological polar surface area (TPSA) is 71.4 Å². The van der Waals surface area contributed by atoms with Gasteiger partial charge in [0, 0.05) is 0 Å². The molecule has 0 saturated carbocycles. The molecule has 0 fully saturated rings. The molecule has 20 heavy (non-hydrogen) atoms. The molecule has 1 amide bonds. The van der Waals surface area contributed by atoms with E-state index in [1.807, 2.05) is 0 Å². The van der Waals surface area contributed by atoms with Gasteiger partial charge in [0.15, 0.2) is 6.61 Å². The normalized spacial score (nSPS) is 10.6. The fourth-order valence-corrected chi connectivity index (χ4v) is 1.56. The Morgan fingerprint density at radius 2 is 2.15 bits per heavy atom. The Labute approximate surface area is 120 Å². The number of benzene rings is 1. The standard InChI is InChI=1S/C11H8BrF3N2O3/c12-8-5-7(19-6-10(18)17-4-3-16)1-2-9(8)20-11(13,14)15/h1-2,5H,4,6H2,(H,17,18). The molecule has 9 heteroatoms. The predicted molar refractivity (Wildman–Crippen MR) is 64.9 cm³/mol. The lowest BCUT2D eigenvalue weighted by Crippen LogP contribution is -2.29. The van der Waals surface area contributed by atoms with Gasteiger partial charge in [-0.05, 0) is 34.1 Å². The molecule has 1 aromatic carbocycles. The van der Waals surface area contributed by atoms with Gasteiger partial charge in [0.25, 0.3) is 5.91 Å². The Morgan fingerprint density at radius 3 is 2.70 bits per heavy atom. The number of alkyl halides is 3. The van der Waals surface area contributed by atoms with Crippen molar-refractivity contribution < 1.29 is 27.4 Å². The van der Waals surface area contributed by atoms with Crippen LogP contribution in [-0.2, 0) is 4.79 Å². The molecule has 108 valence electrons. The first-order valence-corrected chi connectivity index (χ1v) is 5.93. The summed E-state index contributed by atoms with van der Waals surface area (Å²) in [4.78, 5) is 11.1. The van der Waals surface area contributed by atoms with E-state index in [4.69, 9.17) is 10.00 Å². The maximum absolute atomic E-state index is 12.0. The second kappa shape index (κ2) is 7.00. The first-order valence-electron chi connectivity index (χ1n) is 5.13. The van der Waals surface area contributed by atoms with E-state index in [2.05, 4.69) is 26.0 Å². The molecule has 0 heterocycles. The van der Waals surface area contributed by atoms with Crippen LogP contribution in [0, 0.1) is 11.3 Å². The van der Waals surface area contributed by atoms with Crippen molar-refractivity contribution in [2.24, 2.45) is 0 Å². The fraction of sp³-hybridized carbons (Fsp3) is 0.273. The lowest BCUT2D eigenvalue weighted by Gasteiger charge is -2.12. The van der Waals surface area contributed by atoms with Crippen LogP contribution in [0.1, 0.15) is 0 Å². The molecule has 5 nitrogen and oxygen atoms in total. The Hall–Kier alpha value is -1.95. The first-order chi connectivity index (χ1) is 9.31. The van der Waals surface area contributed by atoms with Gasteiger partial charge in [0.1, 0.15) is 18.0 Å². The van der Waals surface area contributed by atoms with Gasteiger partial charge in [-0.15, -0.1) is 13.2 Å². The average molecular weight is 353 g/mol. The highest BCUT2D eigenvalue weighted by Gasteiger charge is 2.31. The molecule has 0 unspecified atom stereocenters. The molecule has 1 aromatic rings. The summed E-state index contributed by atoms with van der Waals surface area (Å²) in [6.07, 6.45) is -4.79. The summed E-state index contributed by atoms with van der Waals surface area (Å²) in [5.41, 5.74) is 0. The number of halogens is 4. The van der Waals surface area contributed by atoms with E-state index in [0.717, 1.165) is 6.07 Å². The number of carbonyl (C=O) groups excluding carboxylic acids is 1. The summed E-state index contributed by atoms with van der Waals surface area (Å²) in [7, 11) is 0. The minimum absolute atomic E-state index is 0.0322. The Kier molecular flexibility index (Phi) is 5.64. The van der Waals surface area contributed by atoms with E-state index in [9.17, 15) is 18.0 Å². The van der Waals surface area contributed by atoms with E-state index in [1.165, 1.54) is 12.1 Å². The van der Waals surface area contributed by atoms with Crippen molar-refractivity contribution in [2.75, 3.05) is 13.2 Å². The van der Waals surface area contributed by atoms with Crippen molar-refractivity contribution in [1.82, 2.24) is 5.32 Å². The second-order valence-corrected chi connectivity index (χ2v) is 4.22. The Balaban J connectivity index is 2.60. The van der Waals surface area contributed by atoms with Crippen molar-refractivity contribution in [1.29, 1.82) is 5.26 Å². The number of nitriles is 1. The molecule has 0 aromatic heterocycles. The summed E-state index contributed by atoms with van der Waals surface area (Å²) in [6.45, 7) is -0.502. The molecule has 1 rings (SSSR count). The molecule has 0 bridgehead atoms. The van der Waals surface area contributed by atoms with Gasteiger partial charge in [-0.3, -0.25) is 4.79 Å². The number of nitrogens with zero attached hydrogens (tertiary/aromatic N) is 1. The zero-order valence-electron chi connectivity index (χ0n) is 9.83. The highest BCUT2D eigenvalue weighted by atomic mass is 79.9. The third-order valence-corrected chi connectivity index (χ3v) is 2.48. The van der Waals surface area contributed by atoms with Gasteiger partial charge >= 0.3 is 6.36 Å². The molecule has 0 radical (unpaired) electrons. The Bertz CT molecular complexity index is 529. The quantitative estimate of drug-likeness (QED) is 0.825. The van der Waals surface area contributed by atoms with E-state index in [0.29, 0.717) is 0 Å². The number of nitrogens with one attached hydrogen (secondary N) is 1. The summed E-state index contributed by atoms with van der Waals surface area (Å²) >= 11 is 2.90. The van der Waals surface area contributed by atoms with Gasteiger partial charge in [-0.2, -0.15) is 5.26 Å². The molecule has 0 aliphatic carbocycles. The molecular formula is C11H8BrF3N2O3. The number of ether oxygens (including phenoxy) is 2. The van der Waals surface area contributed by atoms with Crippen molar-refractivity contribution in [3.63, 3.8) is 0 Å². The van der Waals surface area contributed by atoms with Crippen LogP contribution in [0.25, 0.3) is 0 Å². The van der Waals surface area contributed by atoms with Crippen LogP contribution < -0.4 is 14.8 Å². The second-order valence-electron chi connectivity index (χ2n) is 3.36. The fourth-order valence-electron chi connectivity index (χ4n) is 1.12. The van der Waals surface area contributed by atoms with Crippen LogP contribution in [0.3, 0.4) is 0 Å². The van der Waals surface area contributed by atoms with Crippen LogP contribution in [-0.4, -0.2) is 25.4 Å². The van der Waals surface area contributed by atoms with Gasteiger partial charge in [-0.1, -0.05) is 0 Å². The average Bonchev–Trinajstić information content (AvgIpc) is 2.35. The number of amides is 1. The lowest BCUT2D eigenvalue weighted by atomic mass is 10.3. The third kappa shape index (κ3) is 5.79. The summed E-state index contributed by atoms with van der Waals surface area (Å²) in [5, 5.41) is 10.5. The third-order valence-electron chi connectivity index (χ3n) is 1.86. The van der Waals surface area contributed by atoms with Crippen molar-refractivity contribution >= 4 is 21.8 Å². The molecule has 0 atom stereocenters. The minimum atomic E-state index is -4.79. The van der Waals surface area contributed by atoms with E-state index < -0.39 is 18.0 Å². The predicted octanol–water partition coefficient (Wildman–Crippen LogP) is 2.37. The molecule has 0 aliphatic rings. The van der Waals surface area contributed by atoms with Crippen molar-refractivity contribution in [2.45, 2.75) is 6.36 Å². The van der Waals surface area contributed by atoms with Gasteiger partial charge in [-0.25, -0.2) is 0 Å². The van der Waals surface area contributed by atoms with Crippen LogP contribution in [0.5, 0.6) is 11.5 Å². The van der Waals surface area contributed by atoms with Crippen LogP contribution in [0.2, 0.25) is 0 Å². The van der Waals surface area contributed by atoms with Crippen molar-refractivity contribution in [3.8, 4) is 17.6 Å². The number of hydrogen-bond donors (Lipinski definition) is 1. The smallest absolute Gasteiger partial charge is 0.484 e. The zero-order chi connectivity index (χ0) is 15.2. The molecule has 0 aliphatic heterocycles. The highest BCUT2D eigenvalue weighted by Crippen LogP contribution is 2.33. The highest BCUT2D eigenvalue weighted by molar-refractivity contribution is 9.10. The first kappa shape index (κ1) is 16.1. The SMILES string of the molecule is N#CCNC(=O)COc1ccc(OC(F)(F)F)c(Br)c1. The van der Waals surface area contributed by atoms with E-state index >= 15 is 0 Å². The van der Waals surface area contributed by atoms with Gasteiger partial charge in [0.05, 0.1) is 10.5 Å².